The fourth-order valence-corrected chi connectivity index (χ4v) is 3.55. The molecular weight excluding hydrogens is 341 g/mol. The lowest BCUT2D eigenvalue weighted by molar-refractivity contribution is 0.230. The summed E-state index contributed by atoms with van der Waals surface area (Å²) in [6, 6.07) is 8.07. The molecular formula is C16H28Cl3N3. The molecule has 0 aromatic heterocycles. The third-order valence-electron chi connectivity index (χ3n) is 4.82. The van der Waals surface area contributed by atoms with Gasteiger partial charge >= 0.3 is 0 Å². The number of nitrogens with one attached hydrogen (secondary N) is 2. The molecule has 3 rings (SSSR count). The highest BCUT2D eigenvalue weighted by atomic mass is 35.5. The van der Waals surface area contributed by atoms with E-state index in [1.807, 2.05) is 0 Å². The minimum Gasteiger partial charge on any atom is -0.385 e. The first kappa shape index (κ1) is 21.8. The predicted octanol–water partition coefficient (Wildman–Crippen LogP) is 3.63. The number of benzene rings is 1. The van der Waals surface area contributed by atoms with Crippen molar-refractivity contribution in [2.24, 2.45) is 0 Å². The maximum atomic E-state index is 3.67. The van der Waals surface area contributed by atoms with Gasteiger partial charge in [-0.1, -0.05) is 18.2 Å². The van der Waals surface area contributed by atoms with Crippen molar-refractivity contribution in [2.45, 2.75) is 44.8 Å². The highest BCUT2D eigenvalue weighted by Crippen LogP contribution is 2.26. The summed E-state index contributed by atoms with van der Waals surface area (Å²) in [4.78, 5) is 2.58. The molecule has 0 saturated carbocycles. The Balaban J connectivity index is 0.00000147. The number of likely N-dealkylation sites (N-methyl/N-ethyl adjacent to an activating group) is 1. The molecule has 2 aliphatic rings. The number of hydrogen-bond acceptors (Lipinski definition) is 3. The summed E-state index contributed by atoms with van der Waals surface area (Å²) in [5.74, 6) is 0. The fraction of sp³-hybridized carbons (Fsp3) is 0.625. The van der Waals surface area contributed by atoms with Crippen molar-refractivity contribution in [1.82, 2.24) is 10.2 Å². The molecule has 128 valence electrons. The van der Waals surface area contributed by atoms with Crippen LogP contribution in [0.3, 0.4) is 0 Å². The van der Waals surface area contributed by atoms with E-state index in [0.717, 1.165) is 31.7 Å². The molecule has 1 aromatic rings. The normalized spacial score (nSPS) is 24.5. The van der Waals surface area contributed by atoms with Crippen molar-refractivity contribution in [2.75, 3.05) is 25.5 Å². The van der Waals surface area contributed by atoms with E-state index in [1.165, 1.54) is 36.1 Å². The van der Waals surface area contributed by atoms with Crippen molar-refractivity contribution < 1.29 is 0 Å². The maximum absolute atomic E-state index is 3.67. The van der Waals surface area contributed by atoms with E-state index >= 15 is 0 Å². The van der Waals surface area contributed by atoms with Gasteiger partial charge in [-0.15, -0.1) is 37.2 Å². The average molecular weight is 369 g/mol. The van der Waals surface area contributed by atoms with Crippen molar-refractivity contribution in [3.05, 3.63) is 29.3 Å². The molecule has 1 fully saturated rings. The minimum absolute atomic E-state index is 0. The van der Waals surface area contributed by atoms with Crippen LogP contribution in [0, 0.1) is 6.92 Å². The summed E-state index contributed by atoms with van der Waals surface area (Å²) in [5, 5.41) is 7.31. The van der Waals surface area contributed by atoms with E-state index in [1.54, 1.807) is 0 Å². The first-order valence-corrected chi connectivity index (χ1v) is 7.50. The molecule has 2 aliphatic heterocycles. The van der Waals surface area contributed by atoms with Crippen LogP contribution in [0.4, 0.5) is 5.69 Å². The maximum Gasteiger partial charge on any atom is 0.0415 e. The van der Waals surface area contributed by atoms with Gasteiger partial charge in [-0.05, 0) is 44.4 Å². The zero-order chi connectivity index (χ0) is 13.2. The molecule has 2 unspecified atom stereocenters. The van der Waals surface area contributed by atoms with E-state index < -0.39 is 0 Å². The van der Waals surface area contributed by atoms with Gasteiger partial charge < -0.3 is 10.6 Å². The number of anilines is 1. The first-order valence-electron chi connectivity index (χ1n) is 7.50. The molecule has 0 aliphatic carbocycles. The van der Waals surface area contributed by atoms with Crippen LogP contribution >= 0.6 is 37.2 Å². The number of aryl methyl sites for hydroxylation is 1. The minimum atomic E-state index is 0. The van der Waals surface area contributed by atoms with Crippen LogP contribution in [0.5, 0.6) is 0 Å². The molecule has 2 bridgehead atoms. The summed E-state index contributed by atoms with van der Waals surface area (Å²) in [6.45, 7) is 5.36. The third-order valence-corrected chi connectivity index (χ3v) is 4.82. The Morgan fingerprint density at radius 2 is 1.77 bits per heavy atom. The van der Waals surface area contributed by atoms with Crippen molar-refractivity contribution >= 4 is 42.9 Å². The number of para-hydroxylation sites is 1. The lowest BCUT2D eigenvalue weighted by Crippen LogP contribution is -2.39. The van der Waals surface area contributed by atoms with Crippen molar-refractivity contribution in [3.8, 4) is 0 Å². The number of nitrogens with zero attached hydrogens (tertiary/aromatic N) is 1. The molecule has 3 nitrogen and oxygen atoms in total. The van der Waals surface area contributed by atoms with Gasteiger partial charge in [-0.2, -0.15) is 0 Å². The Morgan fingerprint density at radius 3 is 2.55 bits per heavy atom. The van der Waals surface area contributed by atoms with Gasteiger partial charge in [-0.3, -0.25) is 4.90 Å². The second-order valence-corrected chi connectivity index (χ2v) is 6.01. The summed E-state index contributed by atoms with van der Waals surface area (Å²) in [5.41, 5.74) is 4.10. The van der Waals surface area contributed by atoms with Gasteiger partial charge in [0, 0.05) is 37.4 Å². The highest BCUT2D eigenvalue weighted by Gasteiger charge is 2.29. The van der Waals surface area contributed by atoms with Crippen LogP contribution < -0.4 is 10.6 Å². The van der Waals surface area contributed by atoms with Crippen LogP contribution in [0.15, 0.2) is 18.2 Å². The highest BCUT2D eigenvalue weighted by molar-refractivity contribution is 5.86. The Labute approximate surface area is 152 Å². The average Bonchev–Trinajstić information content (AvgIpc) is 2.71. The SMILES string of the molecule is Cc1cccc2c1NCCC1CCC(CNC2)N1C.Cl.Cl.Cl. The van der Waals surface area contributed by atoms with E-state index in [9.17, 15) is 0 Å². The molecule has 2 atom stereocenters. The molecule has 6 heteroatoms. The Bertz CT molecular complexity index is 456. The third kappa shape index (κ3) is 4.65. The van der Waals surface area contributed by atoms with E-state index in [4.69, 9.17) is 0 Å². The van der Waals surface area contributed by atoms with Gasteiger partial charge in [0.05, 0.1) is 0 Å². The largest absolute Gasteiger partial charge is 0.385 e. The monoisotopic (exact) mass is 367 g/mol. The second kappa shape index (κ2) is 9.84. The van der Waals surface area contributed by atoms with Crippen LogP contribution in [-0.4, -0.2) is 37.1 Å². The van der Waals surface area contributed by atoms with Gasteiger partial charge in [0.25, 0.3) is 0 Å². The van der Waals surface area contributed by atoms with Gasteiger partial charge in [0.1, 0.15) is 0 Å². The molecule has 2 heterocycles. The lowest BCUT2D eigenvalue weighted by atomic mass is 10.1. The van der Waals surface area contributed by atoms with Gasteiger partial charge in [0.15, 0.2) is 0 Å². The summed E-state index contributed by atoms with van der Waals surface area (Å²) >= 11 is 0. The number of fused-ring (bicyclic) bond motifs is 3. The number of halogens is 3. The quantitative estimate of drug-likeness (QED) is 0.732. The Hall–Kier alpha value is -0.190. The summed E-state index contributed by atoms with van der Waals surface area (Å²) in [7, 11) is 2.29. The molecule has 0 amide bonds. The molecule has 1 saturated heterocycles. The van der Waals surface area contributed by atoms with Gasteiger partial charge in [-0.25, -0.2) is 0 Å². The molecule has 22 heavy (non-hydrogen) atoms. The van der Waals surface area contributed by atoms with Crippen molar-refractivity contribution in [3.63, 3.8) is 0 Å². The smallest absolute Gasteiger partial charge is 0.0415 e. The fourth-order valence-electron chi connectivity index (χ4n) is 3.55. The topological polar surface area (TPSA) is 27.3 Å². The number of rotatable bonds is 0. The molecule has 0 spiro atoms. The van der Waals surface area contributed by atoms with Crippen LogP contribution in [0.1, 0.15) is 30.4 Å². The van der Waals surface area contributed by atoms with Crippen LogP contribution in [0.2, 0.25) is 0 Å². The summed E-state index contributed by atoms with van der Waals surface area (Å²) in [6.07, 6.45) is 3.95. The zero-order valence-electron chi connectivity index (χ0n) is 13.3. The standard InChI is InChI=1S/C16H25N3.3ClH/c1-12-4-3-5-13-10-17-11-15-7-6-14(19(15)2)8-9-18-16(12)13;;;/h3-5,14-15,17-18H,6-11H2,1-2H3;3*1H. The second-order valence-electron chi connectivity index (χ2n) is 6.01. The molecule has 2 N–H and O–H groups in total. The van der Waals surface area contributed by atoms with Crippen LogP contribution in [-0.2, 0) is 6.54 Å². The Morgan fingerprint density at radius 1 is 1.05 bits per heavy atom. The summed E-state index contributed by atoms with van der Waals surface area (Å²) < 4.78 is 0. The van der Waals surface area contributed by atoms with E-state index in [-0.39, 0.29) is 37.2 Å². The van der Waals surface area contributed by atoms with E-state index in [0.29, 0.717) is 0 Å². The predicted molar refractivity (Wildman–Crippen MR) is 102 cm³/mol. The lowest BCUT2D eigenvalue weighted by Gasteiger charge is -2.25. The molecule has 0 radical (unpaired) electrons. The van der Waals surface area contributed by atoms with Crippen LogP contribution in [0.25, 0.3) is 0 Å². The van der Waals surface area contributed by atoms with Crippen molar-refractivity contribution in [1.29, 1.82) is 0 Å². The van der Waals surface area contributed by atoms with Gasteiger partial charge in [0.2, 0.25) is 0 Å². The van der Waals surface area contributed by atoms with E-state index in [2.05, 4.69) is 47.7 Å². The zero-order valence-corrected chi connectivity index (χ0v) is 15.8. The first-order chi connectivity index (χ1) is 9.25. The number of hydrogen-bond donors (Lipinski definition) is 2. The molecule has 1 aromatic carbocycles. The Kier molecular flexibility index (Phi) is 9.75.